The number of aliphatic hydroxyl groups is 2. The fraction of sp³-hybridized carbons (Fsp3) is 1.00. The lowest BCUT2D eigenvalue weighted by atomic mass is 9.94. The molecule has 4 heteroatoms. The number of aliphatic hydroxyl groups excluding tert-OH is 2. The van der Waals surface area contributed by atoms with Gasteiger partial charge >= 0.3 is 0 Å². The first-order valence-electron chi connectivity index (χ1n) is 7.99. The van der Waals surface area contributed by atoms with Crippen LogP contribution in [0.3, 0.4) is 0 Å². The number of nitrogens with one attached hydrogen (secondary N) is 1. The minimum Gasteiger partial charge on any atom is -0.395 e. The van der Waals surface area contributed by atoms with E-state index in [1.165, 1.54) is 38.5 Å². The van der Waals surface area contributed by atoms with E-state index < -0.39 is 0 Å². The Labute approximate surface area is 118 Å². The van der Waals surface area contributed by atoms with Crippen LogP contribution in [0.5, 0.6) is 0 Å². The van der Waals surface area contributed by atoms with Gasteiger partial charge in [-0.15, -0.1) is 0 Å². The molecule has 1 aliphatic rings. The van der Waals surface area contributed by atoms with Gasteiger partial charge in [-0.3, -0.25) is 4.90 Å². The topological polar surface area (TPSA) is 55.7 Å². The van der Waals surface area contributed by atoms with E-state index in [9.17, 15) is 0 Å². The molecular formula is C15H32N2O2. The Morgan fingerprint density at radius 3 is 2.37 bits per heavy atom. The fourth-order valence-corrected chi connectivity index (χ4v) is 3.11. The molecule has 0 amide bonds. The third-order valence-electron chi connectivity index (χ3n) is 4.14. The van der Waals surface area contributed by atoms with Crippen LogP contribution >= 0.6 is 0 Å². The minimum atomic E-state index is 0.180. The van der Waals surface area contributed by atoms with Gasteiger partial charge in [0.15, 0.2) is 0 Å². The summed E-state index contributed by atoms with van der Waals surface area (Å²) in [5.74, 6) is 0.659. The predicted octanol–water partition coefficient (Wildman–Crippen LogP) is 1.22. The van der Waals surface area contributed by atoms with Crippen molar-refractivity contribution in [1.82, 2.24) is 10.2 Å². The van der Waals surface area contributed by atoms with Gasteiger partial charge in [0, 0.05) is 25.7 Å². The van der Waals surface area contributed by atoms with Crippen molar-refractivity contribution in [3.63, 3.8) is 0 Å². The van der Waals surface area contributed by atoms with Gasteiger partial charge in [0.1, 0.15) is 0 Å². The van der Waals surface area contributed by atoms with Crippen molar-refractivity contribution >= 4 is 0 Å². The maximum atomic E-state index is 9.12. The van der Waals surface area contributed by atoms with Gasteiger partial charge in [0.25, 0.3) is 0 Å². The Kier molecular flexibility index (Phi) is 9.43. The van der Waals surface area contributed by atoms with Crippen molar-refractivity contribution < 1.29 is 10.2 Å². The number of rotatable bonds is 9. The zero-order valence-corrected chi connectivity index (χ0v) is 12.5. The summed E-state index contributed by atoms with van der Waals surface area (Å²) < 4.78 is 0. The SMILES string of the molecule is CCCNC1CCCCCC1CN(CCO)CCO. The first-order valence-corrected chi connectivity index (χ1v) is 7.99. The largest absolute Gasteiger partial charge is 0.395 e. The molecule has 19 heavy (non-hydrogen) atoms. The quantitative estimate of drug-likeness (QED) is 0.553. The third-order valence-corrected chi connectivity index (χ3v) is 4.14. The van der Waals surface area contributed by atoms with E-state index >= 15 is 0 Å². The van der Waals surface area contributed by atoms with E-state index in [-0.39, 0.29) is 13.2 Å². The van der Waals surface area contributed by atoms with E-state index in [0.717, 1.165) is 13.1 Å². The first-order chi connectivity index (χ1) is 9.31. The molecule has 114 valence electrons. The van der Waals surface area contributed by atoms with Gasteiger partial charge < -0.3 is 15.5 Å². The molecule has 3 N–H and O–H groups in total. The van der Waals surface area contributed by atoms with Crippen molar-refractivity contribution in [3.8, 4) is 0 Å². The van der Waals surface area contributed by atoms with E-state index in [1.54, 1.807) is 0 Å². The fourth-order valence-electron chi connectivity index (χ4n) is 3.11. The lowest BCUT2D eigenvalue weighted by molar-refractivity contribution is 0.131. The molecule has 0 heterocycles. The summed E-state index contributed by atoms with van der Waals surface area (Å²) in [7, 11) is 0. The van der Waals surface area contributed by atoms with Crippen LogP contribution in [0.2, 0.25) is 0 Å². The normalized spacial score (nSPS) is 24.6. The molecule has 0 radical (unpaired) electrons. The van der Waals surface area contributed by atoms with Crippen LogP contribution in [0.15, 0.2) is 0 Å². The molecule has 0 bridgehead atoms. The molecule has 0 saturated heterocycles. The van der Waals surface area contributed by atoms with Crippen LogP contribution in [0, 0.1) is 5.92 Å². The highest BCUT2D eigenvalue weighted by Gasteiger charge is 2.24. The Balaban J connectivity index is 2.51. The second-order valence-corrected chi connectivity index (χ2v) is 5.71. The average Bonchev–Trinajstić information content (AvgIpc) is 2.62. The summed E-state index contributed by atoms with van der Waals surface area (Å²) in [5.41, 5.74) is 0. The highest BCUT2D eigenvalue weighted by atomic mass is 16.3. The van der Waals surface area contributed by atoms with Crippen LogP contribution in [-0.4, -0.2) is 60.5 Å². The Morgan fingerprint density at radius 1 is 1.05 bits per heavy atom. The van der Waals surface area contributed by atoms with Crippen molar-refractivity contribution in [3.05, 3.63) is 0 Å². The molecule has 0 aromatic carbocycles. The van der Waals surface area contributed by atoms with E-state index in [4.69, 9.17) is 10.2 Å². The molecular weight excluding hydrogens is 240 g/mol. The van der Waals surface area contributed by atoms with Crippen LogP contribution in [0.25, 0.3) is 0 Å². The molecule has 1 rings (SSSR count). The smallest absolute Gasteiger partial charge is 0.0558 e. The van der Waals surface area contributed by atoms with Crippen LogP contribution in [-0.2, 0) is 0 Å². The zero-order valence-electron chi connectivity index (χ0n) is 12.5. The molecule has 1 saturated carbocycles. The molecule has 2 unspecified atom stereocenters. The number of hydrogen-bond donors (Lipinski definition) is 3. The van der Waals surface area contributed by atoms with Crippen molar-refractivity contribution in [2.75, 3.05) is 39.4 Å². The summed E-state index contributed by atoms with van der Waals surface area (Å²) in [4.78, 5) is 2.20. The summed E-state index contributed by atoms with van der Waals surface area (Å²) in [6, 6.07) is 0.613. The number of hydrogen-bond acceptors (Lipinski definition) is 4. The van der Waals surface area contributed by atoms with Gasteiger partial charge in [0.2, 0.25) is 0 Å². The van der Waals surface area contributed by atoms with Crippen molar-refractivity contribution in [1.29, 1.82) is 0 Å². The first kappa shape index (κ1) is 16.9. The highest BCUT2D eigenvalue weighted by Crippen LogP contribution is 2.24. The summed E-state index contributed by atoms with van der Waals surface area (Å²) >= 11 is 0. The monoisotopic (exact) mass is 272 g/mol. The second-order valence-electron chi connectivity index (χ2n) is 5.71. The maximum absolute atomic E-state index is 9.12. The van der Waals surface area contributed by atoms with Gasteiger partial charge in [-0.2, -0.15) is 0 Å². The molecule has 0 spiro atoms. The summed E-state index contributed by atoms with van der Waals surface area (Å²) in [6.07, 6.45) is 7.73. The molecule has 0 aliphatic heterocycles. The lowest BCUT2D eigenvalue weighted by Gasteiger charge is -2.31. The number of nitrogens with zero attached hydrogens (tertiary/aromatic N) is 1. The zero-order chi connectivity index (χ0) is 13.9. The standard InChI is InChI=1S/C15H32N2O2/c1-2-8-16-15-7-5-3-4-6-14(15)13-17(9-11-18)10-12-19/h14-16,18-19H,2-13H2,1H3. The average molecular weight is 272 g/mol. The third kappa shape index (κ3) is 6.70. The van der Waals surface area contributed by atoms with Gasteiger partial charge in [-0.25, -0.2) is 0 Å². The van der Waals surface area contributed by atoms with E-state index in [0.29, 0.717) is 25.0 Å². The Hall–Kier alpha value is -0.160. The van der Waals surface area contributed by atoms with Crippen LogP contribution in [0.1, 0.15) is 45.4 Å². The summed E-state index contributed by atoms with van der Waals surface area (Å²) in [6.45, 7) is 6.03. The molecule has 0 aromatic heterocycles. The minimum absolute atomic E-state index is 0.180. The second kappa shape index (κ2) is 10.6. The molecule has 2 atom stereocenters. The Morgan fingerprint density at radius 2 is 1.74 bits per heavy atom. The lowest BCUT2D eigenvalue weighted by Crippen LogP contribution is -2.43. The van der Waals surface area contributed by atoms with Crippen molar-refractivity contribution in [2.24, 2.45) is 5.92 Å². The Bertz CT molecular complexity index is 208. The van der Waals surface area contributed by atoms with Gasteiger partial charge in [-0.1, -0.05) is 26.2 Å². The van der Waals surface area contributed by atoms with Crippen LogP contribution in [0.4, 0.5) is 0 Å². The molecule has 1 fully saturated rings. The van der Waals surface area contributed by atoms with Crippen LogP contribution < -0.4 is 5.32 Å². The molecule has 0 aromatic rings. The van der Waals surface area contributed by atoms with E-state index in [2.05, 4.69) is 17.1 Å². The highest BCUT2D eigenvalue weighted by molar-refractivity contribution is 4.82. The van der Waals surface area contributed by atoms with Crippen molar-refractivity contribution in [2.45, 2.75) is 51.5 Å². The van der Waals surface area contributed by atoms with E-state index in [1.807, 2.05) is 0 Å². The maximum Gasteiger partial charge on any atom is 0.0558 e. The molecule has 1 aliphatic carbocycles. The van der Waals surface area contributed by atoms with Gasteiger partial charge in [-0.05, 0) is 31.7 Å². The predicted molar refractivity (Wildman–Crippen MR) is 79.3 cm³/mol. The summed E-state index contributed by atoms with van der Waals surface area (Å²) in [5, 5.41) is 21.9. The van der Waals surface area contributed by atoms with Gasteiger partial charge in [0.05, 0.1) is 13.2 Å². The molecule has 4 nitrogen and oxygen atoms in total.